The summed E-state index contributed by atoms with van der Waals surface area (Å²) in [5.74, 6) is 1.82. The number of aromatic amines is 1. The van der Waals surface area contributed by atoms with E-state index in [1.165, 1.54) is 25.9 Å². The zero-order chi connectivity index (χ0) is 13.0. The molecule has 1 fully saturated rings. The maximum atomic E-state index is 4.37. The Balaban J connectivity index is 1.90. The monoisotopic (exact) mass is 250 g/mol. The van der Waals surface area contributed by atoms with Gasteiger partial charge in [0.2, 0.25) is 0 Å². The highest BCUT2D eigenvalue weighted by Crippen LogP contribution is 2.21. The zero-order valence-corrected chi connectivity index (χ0v) is 11.8. The molecule has 4 heteroatoms. The molecule has 102 valence electrons. The third-order valence-electron chi connectivity index (χ3n) is 4.09. The summed E-state index contributed by atoms with van der Waals surface area (Å²) in [5.41, 5.74) is 0. The summed E-state index contributed by atoms with van der Waals surface area (Å²) in [5, 5.41) is 3.74. The Bertz CT molecular complexity index is 336. The fourth-order valence-corrected chi connectivity index (χ4v) is 2.93. The van der Waals surface area contributed by atoms with Crippen LogP contribution in [0.3, 0.4) is 0 Å². The number of piperidine rings is 1. The van der Waals surface area contributed by atoms with Gasteiger partial charge in [0, 0.05) is 25.0 Å². The lowest BCUT2D eigenvalue weighted by atomic mass is 9.91. The molecule has 1 aliphatic rings. The minimum atomic E-state index is 0.349. The predicted molar refractivity (Wildman–Crippen MR) is 74.4 cm³/mol. The summed E-state index contributed by atoms with van der Waals surface area (Å²) >= 11 is 0. The van der Waals surface area contributed by atoms with E-state index in [0.29, 0.717) is 12.1 Å². The van der Waals surface area contributed by atoms with Gasteiger partial charge in [0.05, 0.1) is 6.04 Å². The van der Waals surface area contributed by atoms with Crippen molar-refractivity contribution in [2.45, 2.75) is 45.2 Å². The van der Waals surface area contributed by atoms with Crippen LogP contribution in [-0.2, 0) is 0 Å². The molecule has 3 unspecified atom stereocenters. The predicted octanol–water partition coefficient (Wildman–Crippen LogP) is 2.18. The van der Waals surface area contributed by atoms with E-state index in [4.69, 9.17) is 0 Å². The van der Waals surface area contributed by atoms with Crippen LogP contribution in [0.1, 0.15) is 45.0 Å². The molecule has 2 heterocycles. The Hall–Kier alpha value is -0.870. The second-order valence-electron chi connectivity index (χ2n) is 5.56. The van der Waals surface area contributed by atoms with Crippen LogP contribution in [0, 0.1) is 5.92 Å². The van der Waals surface area contributed by atoms with Crippen molar-refractivity contribution in [2.24, 2.45) is 5.92 Å². The van der Waals surface area contributed by atoms with Crippen molar-refractivity contribution in [3.8, 4) is 0 Å². The lowest BCUT2D eigenvalue weighted by Crippen LogP contribution is -2.44. The fourth-order valence-electron chi connectivity index (χ4n) is 2.93. The molecule has 1 saturated heterocycles. The number of rotatable bonds is 5. The van der Waals surface area contributed by atoms with Crippen LogP contribution in [0.25, 0.3) is 0 Å². The molecule has 0 aromatic carbocycles. The SMILES string of the molecule is CCC(NC(C)C1CCCN(C)C1)c1ncc[nH]1. The van der Waals surface area contributed by atoms with Crippen LogP contribution in [0.5, 0.6) is 0 Å². The first-order valence-electron chi connectivity index (χ1n) is 7.14. The van der Waals surface area contributed by atoms with E-state index in [0.717, 1.165) is 18.2 Å². The summed E-state index contributed by atoms with van der Waals surface area (Å²) in [6.45, 7) is 6.98. The van der Waals surface area contributed by atoms with Gasteiger partial charge >= 0.3 is 0 Å². The molecular weight excluding hydrogens is 224 g/mol. The molecule has 1 aromatic rings. The molecule has 0 radical (unpaired) electrons. The van der Waals surface area contributed by atoms with Gasteiger partial charge in [-0.2, -0.15) is 0 Å². The Labute approximate surface area is 110 Å². The van der Waals surface area contributed by atoms with Crippen LogP contribution in [0.4, 0.5) is 0 Å². The van der Waals surface area contributed by atoms with E-state index < -0.39 is 0 Å². The van der Waals surface area contributed by atoms with Gasteiger partial charge in [-0.3, -0.25) is 0 Å². The van der Waals surface area contributed by atoms with Crippen LogP contribution < -0.4 is 5.32 Å². The summed E-state index contributed by atoms with van der Waals surface area (Å²) in [6, 6.07) is 0.894. The quantitative estimate of drug-likeness (QED) is 0.842. The third-order valence-corrected chi connectivity index (χ3v) is 4.09. The molecule has 1 aromatic heterocycles. The van der Waals surface area contributed by atoms with Gasteiger partial charge in [0.15, 0.2) is 0 Å². The van der Waals surface area contributed by atoms with Gasteiger partial charge in [0.1, 0.15) is 5.82 Å². The van der Waals surface area contributed by atoms with Gasteiger partial charge in [-0.05, 0) is 45.7 Å². The number of nitrogens with zero attached hydrogens (tertiary/aromatic N) is 2. The zero-order valence-electron chi connectivity index (χ0n) is 11.8. The summed E-state index contributed by atoms with van der Waals surface area (Å²) in [7, 11) is 2.22. The van der Waals surface area contributed by atoms with E-state index in [1.54, 1.807) is 0 Å². The van der Waals surface area contributed by atoms with E-state index in [-0.39, 0.29) is 0 Å². The number of aromatic nitrogens is 2. The number of hydrogen-bond donors (Lipinski definition) is 2. The van der Waals surface area contributed by atoms with E-state index >= 15 is 0 Å². The van der Waals surface area contributed by atoms with E-state index in [1.807, 2.05) is 12.4 Å². The molecule has 0 spiro atoms. The molecule has 1 aliphatic heterocycles. The van der Waals surface area contributed by atoms with Crippen LogP contribution >= 0.6 is 0 Å². The van der Waals surface area contributed by atoms with E-state index in [2.05, 4.69) is 41.1 Å². The van der Waals surface area contributed by atoms with E-state index in [9.17, 15) is 0 Å². The second-order valence-corrected chi connectivity index (χ2v) is 5.56. The average molecular weight is 250 g/mol. The van der Waals surface area contributed by atoms with Crippen molar-refractivity contribution in [2.75, 3.05) is 20.1 Å². The number of hydrogen-bond acceptors (Lipinski definition) is 3. The largest absolute Gasteiger partial charge is 0.347 e. The van der Waals surface area contributed by atoms with Crippen molar-refractivity contribution < 1.29 is 0 Å². The molecule has 0 bridgehead atoms. The molecule has 2 rings (SSSR count). The van der Waals surface area contributed by atoms with Crippen molar-refractivity contribution in [1.29, 1.82) is 0 Å². The Morgan fingerprint density at radius 2 is 2.44 bits per heavy atom. The average Bonchev–Trinajstić information content (AvgIpc) is 2.89. The smallest absolute Gasteiger partial charge is 0.123 e. The van der Waals surface area contributed by atoms with Crippen molar-refractivity contribution in [1.82, 2.24) is 20.2 Å². The number of H-pyrrole nitrogens is 1. The minimum absolute atomic E-state index is 0.349. The lowest BCUT2D eigenvalue weighted by molar-refractivity contribution is 0.171. The molecular formula is C14H26N4. The number of likely N-dealkylation sites (tertiary alicyclic amines) is 1. The molecule has 2 N–H and O–H groups in total. The van der Waals surface area contributed by atoms with Crippen LogP contribution in [-0.4, -0.2) is 41.0 Å². The maximum absolute atomic E-state index is 4.37. The number of nitrogens with one attached hydrogen (secondary N) is 2. The first kappa shape index (κ1) is 13.6. The Kier molecular flexibility index (Phi) is 4.78. The highest BCUT2D eigenvalue weighted by molar-refractivity contribution is 4.96. The highest BCUT2D eigenvalue weighted by atomic mass is 15.1. The standard InChI is InChI=1S/C14H26N4/c1-4-13(14-15-7-8-16-14)17-11(2)12-6-5-9-18(3)10-12/h7-8,11-13,17H,4-6,9-10H2,1-3H3,(H,15,16). The second kappa shape index (κ2) is 6.34. The Morgan fingerprint density at radius 3 is 3.06 bits per heavy atom. The third kappa shape index (κ3) is 3.33. The maximum Gasteiger partial charge on any atom is 0.123 e. The van der Waals surface area contributed by atoms with Gasteiger partial charge in [-0.1, -0.05) is 6.92 Å². The molecule has 18 heavy (non-hydrogen) atoms. The topological polar surface area (TPSA) is 44.0 Å². The first-order valence-corrected chi connectivity index (χ1v) is 7.14. The van der Waals surface area contributed by atoms with Gasteiger partial charge in [-0.15, -0.1) is 0 Å². The normalized spacial score (nSPS) is 24.9. The fraction of sp³-hybridized carbons (Fsp3) is 0.786. The summed E-state index contributed by atoms with van der Waals surface area (Å²) < 4.78 is 0. The summed E-state index contributed by atoms with van der Waals surface area (Å²) in [4.78, 5) is 10.0. The van der Waals surface area contributed by atoms with Crippen molar-refractivity contribution in [3.05, 3.63) is 18.2 Å². The first-order chi connectivity index (χ1) is 8.70. The Morgan fingerprint density at radius 1 is 1.61 bits per heavy atom. The van der Waals surface area contributed by atoms with Gasteiger partial charge in [0.25, 0.3) is 0 Å². The van der Waals surface area contributed by atoms with Gasteiger partial charge in [-0.25, -0.2) is 4.98 Å². The minimum Gasteiger partial charge on any atom is -0.347 e. The lowest BCUT2D eigenvalue weighted by Gasteiger charge is -2.35. The molecule has 3 atom stereocenters. The molecule has 4 nitrogen and oxygen atoms in total. The molecule has 0 amide bonds. The molecule has 0 aliphatic carbocycles. The van der Waals surface area contributed by atoms with Crippen LogP contribution in [0.2, 0.25) is 0 Å². The molecule has 0 saturated carbocycles. The summed E-state index contributed by atoms with van der Waals surface area (Å²) in [6.07, 6.45) is 7.47. The van der Waals surface area contributed by atoms with Crippen molar-refractivity contribution >= 4 is 0 Å². The van der Waals surface area contributed by atoms with Gasteiger partial charge < -0.3 is 15.2 Å². The number of imidazole rings is 1. The van der Waals surface area contributed by atoms with Crippen LogP contribution in [0.15, 0.2) is 12.4 Å². The van der Waals surface area contributed by atoms with Crippen molar-refractivity contribution in [3.63, 3.8) is 0 Å². The highest BCUT2D eigenvalue weighted by Gasteiger charge is 2.25.